The topological polar surface area (TPSA) is 46.2 Å². The van der Waals surface area contributed by atoms with E-state index in [-0.39, 0.29) is 35.6 Å². The normalized spacial score (nSPS) is 23.4. The summed E-state index contributed by atoms with van der Waals surface area (Å²) >= 11 is 2.41. The summed E-state index contributed by atoms with van der Waals surface area (Å²) in [5.74, 6) is 0. The molecule has 1 saturated heterocycles. The van der Waals surface area contributed by atoms with Gasteiger partial charge in [0.25, 0.3) is 0 Å². The Kier molecular flexibility index (Phi) is 12.0. The van der Waals surface area contributed by atoms with Gasteiger partial charge in [0, 0.05) is 4.43 Å². The van der Waals surface area contributed by atoms with Crippen LogP contribution in [0.5, 0.6) is 0 Å². The van der Waals surface area contributed by atoms with E-state index in [1.807, 2.05) is 54.6 Å². The molecule has 5 atom stereocenters. The Balaban J connectivity index is 1.63. The van der Waals surface area contributed by atoms with Crippen molar-refractivity contribution in [2.75, 3.05) is 11.0 Å². The quantitative estimate of drug-likeness (QED) is 0.104. The van der Waals surface area contributed by atoms with Gasteiger partial charge in [-0.05, 0) is 34.8 Å². The molecule has 7 heteroatoms. The first-order chi connectivity index (χ1) is 19.7. The molecule has 0 bridgehead atoms. The highest BCUT2D eigenvalue weighted by Gasteiger charge is 2.51. The number of halogens is 1. The largest absolute Gasteiger partial charge is 0.408 e. The van der Waals surface area contributed by atoms with E-state index in [4.69, 9.17) is 23.4 Å². The van der Waals surface area contributed by atoms with Crippen LogP contribution < -0.4 is 0 Å². The van der Waals surface area contributed by atoms with Gasteiger partial charge in [-0.2, -0.15) is 0 Å². The molecule has 1 fully saturated rings. The molecule has 0 spiro atoms. The van der Waals surface area contributed by atoms with Crippen molar-refractivity contribution in [2.24, 2.45) is 0 Å². The molecule has 1 aliphatic rings. The molecule has 1 aliphatic heterocycles. The van der Waals surface area contributed by atoms with E-state index in [2.05, 4.69) is 92.9 Å². The first kappa shape index (κ1) is 32.3. The molecule has 222 valence electrons. The van der Waals surface area contributed by atoms with E-state index in [0.29, 0.717) is 26.4 Å². The Labute approximate surface area is 261 Å². The van der Waals surface area contributed by atoms with Crippen LogP contribution in [-0.4, -0.2) is 49.9 Å². The fourth-order valence-electron chi connectivity index (χ4n) is 4.70. The van der Waals surface area contributed by atoms with Gasteiger partial charge in [0.15, 0.2) is 8.32 Å². The monoisotopic (exact) mass is 688 g/mol. The molecular formula is C34H45IO5Si. The molecule has 5 nitrogen and oxygen atoms in total. The van der Waals surface area contributed by atoms with Gasteiger partial charge in [-0.1, -0.05) is 134 Å². The van der Waals surface area contributed by atoms with Gasteiger partial charge >= 0.3 is 0 Å². The molecule has 0 aromatic heterocycles. The SMILES string of the molecule is CC(C)(C)[Si](C)(C)O[C@@H]1[C@@H](OCc2ccccc2)[C@H](OCc2ccccc2)[C@@H](COCc2ccccc2)O[C@@H]1CI. The summed E-state index contributed by atoms with van der Waals surface area (Å²) < 4.78 is 34.4. The van der Waals surface area contributed by atoms with Crippen molar-refractivity contribution in [2.45, 2.75) is 89.2 Å². The third-order valence-corrected chi connectivity index (χ3v) is 13.4. The Morgan fingerprint density at radius 2 is 1.12 bits per heavy atom. The van der Waals surface area contributed by atoms with Crippen LogP contribution in [-0.2, 0) is 43.2 Å². The van der Waals surface area contributed by atoms with Gasteiger partial charge in [0.2, 0.25) is 0 Å². The third-order valence-electron chi connectivity index (χ3n) is 8.08. The van der Waals surface area contributed by atoms with Crippen molar-refractivity contribution in [3.63, 3.8) is 0 Å². The molecular weight excluding hydrogens is 643 g/mol. The molecule has 0 N–H and O–H groups in total. The Morgan fingerprint density at radius 3 is 1.59 bits per heavy atom. The highest BCUT2D eigenvalue weighted by Crippen LogP contribution is 2.41. The maximum atomic E-state index is 7.12. The van der Waals surface area contributed by atoms with Crippen molar-refractivity contribution in [1.82, 2.24) is 0 Å². The summed E-state index contributed by atoms with van der Waals surface area (Å²) in [6.45, 7) is 13.2. The second-order valence-corrected chi connectivity index (χ2v) is 17.9. The third kappa shape index (κ3) is 9.19. The lowest BCUT2D eigenvalue weighted by Crippen LogP contribution is -2.64. The average Bonchev–Trinajstić information content (AvgIpc) is 2.97. The summed E-state index contributed by atoms with van der Waals surface area (Å²) in [4.78, 5) is 0. The molecule has 0 unspecified atom stereocenters. The summed E-state index contributed by atoms with van der Waals surface area (Å²) in [5.41, 5.74) is 3.36. The van der Waals surface area contributed by atoms with Crippen LogP contribution in [0.25, 0.3) is 0 Å². The van der Waals surface area contributed by atoms with E-state index in [0.717, 1.165) is 21.1 Å². The second kappa shape index (κ2) is 15.2. The summed E-state index contributed by atoms with van der Waals surface area (Å²) in [6.07, 6.45) is -1.41. The highest BCUT2D eigenvalue weighted by molar-refractivity contribution is 14.1. The lowest BCUT2D eigenvalue weighted by Gasteiger charge is -2.50. The number of benzene rings is 3. The molecule has 3 aromatic rings. The average molecular weight is 689 g/mol. The maximum absolute atomic E-state index is 7.12. The van der Waals surface area contributed by atoms with E-state index < -0.39 is 8.32 Å². The Bertz CT molecular complexity index is 1160. The Morgan fingerprint density at radius 1 is 0.659 bits per heavy atom. The fraction of sp³-hybridized carbons (Fsp3) is 0.471. The smallest absolute Gasteiger partial charge is 0.192 e. The lowest BCUT2D eigenvalue weighted by atomic mass is 9.95. The predicted molar refractivity (Wildman–Crippen MR) is 176 cm³/mol. The zero-order chi connectivity index (χ0) is 29.3. The fourth-order valence-corrected chi connectivity index (χ4v) is 6.73. The summed E-state index contributed by atoms with van der Waals surface area (Å²) in [5, 5.41) is 0.0445. The molecule has 4 rings (SSSR count). The summed E-state index contributed by atoms with van der Waals surface area (Å²) in [7, 11) is -2.16. The minimum atomic E-state index is -2.16. The molecule has 0 radical (unpaired) electrons. The molecule has 0 amide bonds. The van der Waals surface area contributed by atoms with Gasteiger partial charge in [-0.15, -0.1) is 0 Å². The van der Waals surface area contributed by atoms with Gasteiger partial charge < -0.3 is 23.4 Å². The van der Waals surface area contributed by atoms with Crippen LogP contribution in [0.3, 0.4) is 0 Å². The van der Waals surface area contributed by atoms with Crippen molar-refractivity contribution in [3.8, 4) is 0 Å². The van der Waals surface area contributed by atoms with Gasteiger partial charge in [-0.3, -0.25) is 0 Å². The number of rotatable bonds is 13. The number of hydrogen-bond acceptors (Lipinski definition) is 5. The van der Waals surface area contributed by atoms with Crippen LogP contribution >= 0.6 is 22.6 Å². The molecule has 1 heterocycles. The van der Waals surface area contributed by atoms with Crippen molar-refractivity contribution >= 4 is 30.9 Å². The van der Waals surface area contributed by atoms with Crippen LogP contribution in [0, 0.1) is 0 Å². The number of hydrogen-bond donors (Lipinski definition) is 0. The van der Waals surface area contributed by atoms with E-state index in [1.165, 1.54) is 0 Å². The summed E-state index contributed by atoms with van der Waals surface area (Å²) in [6, 6.07) is 30.8. The van der Waals surface area contributed by atoms with E-state index in [9.17, 15) is 0 Å². The van der Waals surface area contributed by atoms with Crippen molar-refractivity contribution in [3.05, 3.63) is 108 Å². The van der Waals surface area contributed by atoms with Crippen LogP contribution in [0.4, 0.5) is 0 Å². The van der Waals surface area contributed by atoms with E-state index in [1.54, 1.807) is 0 Å². The first-order valence-electron chi connectivity index (χ1n) is 14.5. The zero-order valence-corrected chi connectivity index (χ0v) is 28.2. The van der Waals surface area contributed by atoms with Gasteiger partial charge in [0.1, 0.15) is 24.4 Å². The standard InChI is InChI=1S/C34H45IO5Si/c1-34(2,3)41(4,5)40-32-29(21-35)39-30(25-36-22-26-15-9-6-10-16-26)31(37-23-27-17-11-7-12-18-27)33(32)38-24-28-19-13-8-14-20-28/h6-20,29-33H,21-25H2,1-5H3/t29-,30-,31-,32+,33+/m1/s1. The molecule has 0 aliphatic carbocycles. The van der Waals surface area contributed by atoms with Crippen molar-refractivity contribution in [1.29, 1.82) is 0 Å². The number of ether oxygens (including phenoxy) is 4. The second-order valence-electron chi connectivity index (χ2n) is 12.2. The van der Waals surface area contributed by atoms with E-state index >= 15 is 0 Å². The van der Waals surface area contributed by atoms with Crippen molar-refractivity contribution < 1.29 is 23.4 Å². The van der Waals surface area contributed by atoms with Crippen LogP contribution in [0.1, 0.15) is 37.5 Å². The maximum Gasteiger partial charge on any atom is 0.192 e. The van der Waals surface area contributed by atoms with Crippen LogP contribution in [0.2, 0.25) is 18.1 Å². The predicted octanol–water partition coefficient (Wildman–Crippen LogP) is 7.97. The van der Waals surface area contributed by atoms with Gasteiger partial charge in [-0.25, -0.2) is 0 Å². The lowest BCUT2D eigenvalue weighted by molar-refractivity contribution is -0.252. The molecule has 0 saturated carbocycles. The molecule has 3 aromatic carbocycles. The minimum absolute atomic E-state index is 0.0445. The van der Waals surface area contributed by atoms with Crippen LogP contribution in [0.15, 0.2) is 91.0 Å². The zero-order valence-electron chi connectivity index (χ0n) is 25.0. The van der Waals surface area contributed by atoms with Gasteiger partial charge in [0.05, 0.1) is 32.5 Å². The molecule has 41 heavy (non-hydrogen) atoms. The minimum Gasteiger partial charge on any atom is -0.408 e. The Hall–Kier alpha value is -1.59. The first-order valence-corrected chi connectivity index (χ1v) is 18.9. The highest BCUT2D eigenvalue weighted by atomic mass is 127. The number of alkyl halides is 1.